The molecule has 5 rings (SSSR count). The Labute approximate surface area is 267 Å². The van der Waals surface area contributed by atoms with E-state index in [-0.39, 0.29) is 43.5 Å². The van der Waals surface area contributed by atoms with Crippen LogP contribution in [0.2, 0.25) is 0 Å². The van der Waals surface area contributed by atoms with Crippen LogP contribution in [0, 0.1) is 28.6 Å². The number of rotatable bonds is 3. The molecule has 2 N–H and O–H groups in total. The summed E-state index contributed by atoms with van der Waals surface area (Å²) in [6.45, 7) is 14.3. The summed E-state index contributed by atoms with van der Waals surface area (Å²) in [5, 5.41) is 26.6. The molecule has 0 radical (unpaired) electrons. The number of nitrogens with zero attached hydrogens (tertiary/aromatic N) is 1. The van der Waals surface area contributed by atoms with Gasteiger partial charge in [0.05, 0.1) is 18.8 Å². The lowest BCUT2D eigenvalue weighted by Gasteiger charge is -2.51. The van der Waals surface area contributed by atoms with Crippen molar-refractivity contribution in [2.75, 3.05) is 6.61 Å². The van der Waals surface area contributed by atoms with Crippen LogP contribution in [0.5, 0.6) is 0 Å². The molecule has 2 unspecified atom stereocenters. The van der Waals surface area contributed by atoms with Gasteiger partial charge in [-0.2, -0.15) is 4.91 Å². The number of aliphatic hydroxyl groups excluding tert-OH is 1. The lowest BCUT2D eigenvalue weighted by molar-refractivity contribution is -0.332. The fourth-order valence-electron chi connectivity index (χ4n) is 7.98. The third-order valence-electron chi connectivity index (χ3n) is 10.2. The summed E-state index contributed by atoms with van der Waals surface area (Å²) in [7, 11) is 0. The lowest BCUT2D eigenvalue weighted by atomic mass is 9.71. The van der Waals surface area contributed by atoms with Crippen LogP contribution < -0.4 is 0 Å². The van der Waals surface area contributed by atoms with E-state index in [0.717, 1.165) is 12.0 Å². The molecule has 11 atom stereocenters. The molecule has 1 spiro atoms. The molecule has 0 saturated carbocycles. The van der Waals surface area contributed by atoms with E-state index in [1.165, 1.54) is 5.57 Å². The molecule has 3 saturated heterocycles. The molecule has 4 heterocycles. The second kappa shape index (κ2) is 13.4. The van der Waals surface area contributed by atoms with E-state index < -0.39 is 47.6 Å². The number of esters is 1. The highest BCUT2D eigenvalue weighted by atomic mass is 16.7. The minimum atomic E-state index is -1.76. The Balaban J connectivity index is 1.54. The summed E-state index contributed by atoms with van der Waals surface area (Å²) >= 11 is 0. The van der Waals surface area contributed by atoms with E-state index in [1.54, 1.807) is 19.1 Å². The molecule has 2 bridgehead atoms. The van der Waals surface area contributed by atoms with E-state index >= 15 is 0 Å². The molecular weight excluding hydrogens is 574 g/mol. The molecule has 1 aliphatic carbocycles. The van der Waals surface area contributed by atoms with Crippen LogP contribution in [0.25, 0.3) is 0 Å². The van der Waals surface area contributed by atoms with Crippen molar-refractivity contribution in [3.63, 3.8) is 0 Å². The molecule has 4 aliphatic heterocycles. The molecule has 0 aromatic rings. The number of ether oxygens (including phenoxy) is 4. The van der Waals surface area contributed by atoms with Crippen molar-refractivity contribution in [2.24, 2.45) is 28.8 Å². The number of hydrogen-bond acceptors (Lipinski definition) is 9. The molecule has 0 amide bonds. The van der Waals surface area contributed by atoms with Crippen LogP contribution in [0.15, 0.2) is 63.9 Å². The fourth-order valence-corrected chi connectivity index (χ4v) is 7.98. The predicted molar refractivity (Wildman–Crippen MR) is 171 cm³/mol. The van der Waals surface area contributed by atoms with Gasteiger partial charge < -0.3 is 29.2 Å². The van der Waals surface area contributed by atoms with E-state index in [2.05, 4.69) is 51.1 Å². The van der Waals surface area contributed by atoms with Gasteiger partial charge in [-0.15, -0.1) is 0 Å². The summed E-state index contributed by atoms with van der Waals surface area (Å²) < 4.78 is 25.7. The topological polar surface area (TPSA) is 124 Å². The molecule has 45 heavy (non-hydrogen) atoms. The highest BCUT2D eigenvalue weighted by Gasteiger charge is 2.60. The smallest absolute Gasteiger partial charge is 0.316 e. The number of allylic oxidation sites excluding steroid dienone is 5. The first kappa shape index (κ1) is 33.9. The monoisotopic (exact) mass is 625 g/mol. The summed E-state index contributed by atoms with van der Waals surface area (Å²) in [5.41, 5.74) is 1.55. The summed E-state index contributed by atoms with van der Waals surface area (Å²) in [4.78, 5) is 26.2. The Morgan fingerprint density at radius 1 is 1.16 bits per heavy atom. The van der Waals surface area contributed by atoms with Gasteiger partial charge in [-0.05, 0) is 62.2 Å². The van der Waals surface area contributed by atoms with Gasteiger partial charge in [-0.3, -0.25) is 4.79 Å². The van der Waals surface area contributed by atoms with Gasteiger partial charge in [0.25, 0.3) is 0 Å². The first-order valence-electron chi connectivity index (χ1n) is 16.6. The number of nitroso groups, excluding NO2 is 1. The molecular formula is C36H51NO8. The van der Waals surface area contributed by atoms with Gasteiger partial charge in [0.15, 0.2) is 5.79 Å². The number of fused-ring (bicyclic) bond motifs is 2. The van der Waals surface area contributed by atoms with Crippen molar-refractivity contribution < 1.29 is 34.0 Å². The summed E-state index contributed by atoms with van der Waals surface area (Å²) in [5.74, 6) is -2.46. The number of carbonyl (C=O) groups excluding carboxylic acids is 1. The molecule has 248 valence electrons. The molecule has 3 fully saturated rings. The highest BCUT2D eigenvalue weighted by Crippen LogP contribution is 2.48. The van der Waals surface area contributed by atoms with Crippen LogP contribution >= 0.6 is 0 Å². The third-order valence-corrected chi connectivity index (χ3v) is 10.2. The zero-order valence-electron chi connectivity index (χ0n) is 27.8. The van der Waals surface area contributed by atoms with Crippen LogP contribution in [-0.4, -0.2) is 70.7 Å². The van der Waals surface area contributed by atoms with Crippen LogP contribution in [0.1, 0.15) is 80.6 Å². The SMILES string of the molecule is CC1=CC[C@@H]2C[C@@H](CC3(CC(N=O)[C@H](C)[C@@H](C(C)=CC(C)C)O3)O2)OC(=O)[C@@H]2C=C(C)[C@@H](O)[C@H]3OCC(=CC=C[C@H](C)C1)[C@]32O. The van der Waals surface area contributed by atoms with Gasteiger partial charge in [-0.1, -0.05) is 74.9 Å². The second-order valence-corrected chi connectivity index (χ2v) is 14.5. The van der Waals surface area contributed by atoms with Crippen LogP contribution in [-0.2, 0) is 23.7 Å². The van der Waals surface area contributed by atoms with Crippen molar-refractivity contribution in [1.82, 2.24) is 0 Å². The molecule has 0 aromatic carbocycles. The quantitative estimate of drug-likeness (QED) is 0.227. The van der Waals surface area contributed by atoms with Crippen molar-refractivity contribution in [1.29, 1.82) is 0 Å². The van der Waals surface area contributed by atoms with E-state index in [9.17, 15) is 19.9 Å². The van der Waals surface area contributed by atoms with Crippen molar-refractivity contribution in [3.05, 3.63) is 63.7 Å². The van der Waals surface area contributed by atoms with Crippen LogP contribution in [0.4, 0.5) is 0 Å². The van der Waals surface area contributed by atoms with Gasteiger partial charge in [-0.25, -0.2) is 0 Å². The zero-order valence-corrected chi connectivity index (χ0v) is 27.8. The molecule has 9 nitrogen and oxygen atoms in total. The molecule has 0 aromatic heterocycles. The first-order valence-corrected chi connectivity index (χ1v) is 16.6. The van der Waals surface area contributed by atoms with Crippen molar-refractivity contribution >= 4 is 5.97 Å². The minimum absolute atomic E-state index is 0.0972. The number of carbonyl (C=O) groups is 1. The van der Waals surface area contributed by atoms with Crippen LogP contribution in [0.3, 0.4) is 0 Å². The van der Waals surface area contributed by atoms with Crippen molar-refractivity contribution in [2.45, 2.75) is 129 Å². The Morgan fingerprint density at radius 3 is 2.62 bits per heavy atom. The highest BCUT2D eigenvalue weighted by molar-refractivity contribution is 5.78. The Morgan fingerprint density at radius 2 is 1.91 bits per heavy atom. The standard InChI is InChI=1S/C36H51NO8/c1-20(2)13-24(6)32-25(7)30(37-41)18-35(45-32)17-28-16-27(44-35)12-11-22(4)14-21(3)9-8-10-26-19-42-33-31(38)23(5)15-29(34(39)43-28)36(26,33)40/h8-11,13,15,20-21,25,27-33,38,40H,12,14,16-19H2,1-7H3/t21-,25-,27+,28-,29-,30?,31+,32+,33+,35?,36+/m0/s1. The maximum Gasteiger partial charge on any atom is 0.316 e. The maximum atomic E-state index is 14.1. The van der Waals surface area contributed by atoms with Gasteiger partial charge >= 0.3 is 5.97 Å². The summed E-state index contributed by atoms with van der Waals surface area (Å²) in [6.07, 6.45) is 10.8. The van der Waals surface area contributed by atoms with Crippen molar-refractivity contribution in [3.8, 4) is 0 Å². The second-order valence-electron chi connectivity index (χ2n) is 14.5. The maximum absolute atomic E-state index is 14.1. The largest absolute Gasteiger partial charge is 0.462 e. The normalized spacial score (nSPS) is 42.9. The van der Waals surface area contributed by atoms with Gasteiger partial charge in [0.2, 0.25) is 0 Å². The summed E-state index contributed by atoms with van der Waals surface area (Å²) in [6, 6.07) is -0.535. The van der Waals surface area contributed by atoms with Gasteiger partial charge in [0, 0.05) is 25.2 Å². The Hall–Kier alpha value is -2.43. The Kier molecular flexibility index (Phi) is 10.1. The third kappa shape index (κ3) is 6.84. The molecule has 5 aliphatic rings. The van der Waals surface area contributed by atoms with E-state index in [0.29, 0.717) is 29.9 Å². The zero-order chi connectivity index (χ0) is 32.7. The van der Waals surface area contributed by atoms with Gasteiger partial charge in [0.1, 0.15) is 35.9 Å². The predicted octanol–water partition coefficient (Wildman–Crippen LogP) is 5.86. The van der Waals surface area contributed by atoms with E-state index in [1.807, 2.05) is 19.9 Å². The first-order chi connectivity index (χ1) is 21.3. The van der Waals surface area contributed by atoms with E-state index in [4.69, 9.17) is 18.9 Å². The fraction of sp³-hybridized carbons (Fsp3) is 0.694. The minimum Gasteiger partial charge on any atom is -0.462 e. The lowest BCUT2D eigenvalue weighted by Crippen LogP contribution is -2.59. The Bertz CT molecular complexity index is 1300. The number of aliphatic hydroxyl groups is 2. The average molecular weight is 626 g/mol. The average Bonchev–Trinajstić information content (AvgIpc) is 3.30. The molecule has 9 heteroatoms. The number of hydrogen-bond donors (Lipinski definition) is 2.